The predicted octanol–water partition coefficient (Wildman–Crippen LogP) is 3.38. The molecule has 1 aromatic carbocycles. The van der Waals surface area contributed by atoms with Gasteiger partial charge in [-0.2, -0.15) is 11.8 Å². The Morgan fingerprint density at radius 2 is 2.21 bits per heavy atom. The van der Waals surface area contributed by atoms with Gasteiger partial charge in [0, 0.05) is 21.7 Å². The van der Waals surface area contributed by atoms with Crippen LogP contribution in [0.25, 0.3) is 11.0 Å². The van der Waals surface area contributed by atoms with E-state index in [1.807, 2.05) is 18.2 Å². The zero-order valence-electron chi connectivity index (χ0n) is 10.7. The van der Waals surface area contributed by atoms with Gasteiger partial charge in [-0.15, -0.1) is 0 Å². The topological polar surface area (TPSA) is 56.2 Å². The molecule has 0 fully saturated rings. The lowest BCUT2D eigenvalue weighted by atomic mass is 10.1. The van der Waals surface area contributed by atoms with Gasteiger partial charge in [0.2, 0.25) is 0 Å². The van der Waals surface area contributed by atoms with Crippen molar-refractivity contribution in [1.29, 1.82) is 0 Å². The summed E-state index contributed by atoms with van der Waals surface area (Å²) in [5, 5.41) is 0.996. The molecule has 0 amide bonds. The average Bonchev–Trinajstić information content (AvgIpc) is 2.37. The molecule has 2 aromatic rings. The van der Waals surface area contributed by atoms with Crippen molar-refractivity contribution >= 4 is 38.7 Å². The highest BCUT2D eigenvalue weighted by molar-refractivity contribution is 9.10. The summed E-state index contributed by atoms with van der Waals surface area (Å²) in [7, 11) is 0. The largest absolute Gasteiger partial charge is 0.423 e. The van der Waals surface area contributed by atoms with E-state index in [0.717, 1.165) is 26.9 Å². The molecule has 5 heteroatoms. The van der Waals surface area contributed by atoms with Crippen molar-refractivity contribution in [3.8, 4) is 0 Å². The van der Waals surface area contributed by atoms with Gasteiger partial charge in [0.05, 0.1) is 0 Å². The molecule has 0 spiro atoms. The molecule has 0 bridgehead atoms. The molecule has 2 rings (SSSR count). The van der Waals surface area contributed by atoms with Crippen LogP contribution in [0.5, 0.6) is 0 Å². The van der Waals surface area contributed by atoms with Gasteiger partial charge in [0.25, 0.3) is 0 Å². The van der Waals surface area contributed by atoms with E-state index in [1.54, 1.807) is 17.8 Å². The fourth-order valence-corrected chi connectivity index (χ4v) is 3.22. The van der Waals surface area contributed by atoms with Crippen molar-refractivity contribution < 1.29 is 4.42 Å². The molecule has 2 N–H and O–H groups in total. The van der Waals surface area contributed by atoms with E-state index in [1.165, 1.54) is 0 Å². The Morgan fingerprint density at radius 3 is 2.95 bits per heavy atom. The first-order valence-electron chi connectivity index (χ1n) is 6.10. The number of halogens is 1. The molecule has 0 aliphatic carbocycles. The predicted molar refractivity (Wildman–Crippen MR) is 84.6 cm³/mol. The molecule has 3 nitrogen and oxygen atoms in total. The fraction of sp³-hybridized carbons (Fsp3) is 0.357. The summed E-state index contributed by atoms with van der Waals surface area (Å²) >= 11 is 5.18. The van der Waals surface area contributed by atoms with Gasteiger partial charge in [0.1, 0.15) is 5.58 Å². The minimum Gasteiger partial charge on any atom is -0.423 e. The molecule has 19 heavy (non-hydrogen) atoms. The molecule has 0 radical (unpaired) electrons. The third kappa shape index (κ3) is 3.84. The summed E-state index contributed by atoms with van der Waals surface area (Å²) in [5.41, 5.74) is 6.95. The normalized spacial score (nSPS) is 12.8. The van der Waals surface area contributed by atoms with Crippen molar-refractivity contribution in [1.82, 2.24) is 0 Å². The second-order valence-electron chi connectivity index (χ2n) is 4.59. The van der Waals surface area contributed by atoms with E-state index in [4.69, 9.17) is 10.2 Å². The van der Waals surface area contributed by atoms with Crippen molar-refractivity contribution in [3.63, 3.8) is 0 Å². The Kier molecular flexibility index (Phi) is 5.07. The maximum absolute atomic E-state index is 11.6. The maximum Gasteiger partial charge on any atom is 0.336 e. The lowest BCUT2D eigenvalue weighted by molar-refractivity contribution is 0.559. The number of benzene rings is 1. The van der Waals surface area contributed by atoms with Crippen LogP contribution in [0.15, 0.2) is 37.9 Å². The monoisotopic (exact) mass is 341 g/mol. The van der Waals surface area contributed by atoms with Crippen molar-refractivity contribution in [2.24, 2.45) is 11.7 Å². The average molecular weight is 342 g/mol. The van der Waals surface area contributed by atoms with E-state index < -0.39 is 0 Å². The van der Waals surface area contributed by atoms with Gasteiger partial charge in [-0.1, -0.05) is 22.9 Å². The van der Waals surface area contributed by atoms with Gasteiger partial charge in [-0.3, -0.25) is 0 Å². The van der Waals surface area contributed by atoms with Gasteiger partial charge < -0.3 is 10.2 Å². The van der Waals surface area contributed by atoms with E-state index in [9.17, 15) is 4.79 Å². The zero-order chi connectivity index (χ0) is 13.8. The maximum atomic E-state index is 11.6. The lowest BCUT2D eigenvalue weighted by Crippen LogP contribution is -2.12. The van der Waals surface area contributed by atoms with Crippen LogP contribution >= 0.6 is 27.7 Å². The first-order valence-corrected chi connectivity index (χ1v) is 8.05. The van der Waals surface area contributed by atoms with Crippen LogP contribution in [0.4, 0.5) is 0 Å². The molecule has 0 aliphatic heterocycles. The minimum atomic E-state index is -0.298. The molecule has 1 heterocycles. The smallest absolute Gasteiger partial charge is 0.336 e. The van der Waals surface area contributed by atoms with E-state index in [2.05, 4.69) is 22.9 Å². The van der Waals surface area contributed by atoms with E-state index in [-0.39, 0.29) is 5.63 Å². The Bertz CT molecular complexity index is 626. The quantitative estimate of drug-likeness (QED) is 0.847. The van der Waals surface area contributed by atoms with Gasteiger partial charge >= 0.3 is 5.63 Å². The Morgan fingerprint density at radius 1 is 1.42 bits per heavy atom. The summed E-state index contributed by atoms with van der Waals surface area (Å²) in [6.07, 6.45) is 0. The third-order valence-electron chi connectivity index (χ3n) is 2.85. The molecule has 102 valence electrons. The van der Waals surface area contributed by atoms with Gasteiger partial charge in [0.15, 0.2) is 0 Å². The van der Waals surface area contributed by atoms with Crippen LogP contribution in [0.3, 0.4) is 0 Å². The number of rotatable bonds is 5. The summed E-state index contributed by atoms with van der Waals surface area (Å²) in [6, 6.07) is 7.34. The lowest BCUT2D eigenvalue weighted by Gasteiger charge is -2.09. The van der Waals surface area contributed by atoms with Crippen molar-refractivity contribution in [2.45, 2.75) is 12.7 Å². The van der Waals surface area contributed by atoms with Gasteiger partial charge in [-0.25, -0.2) is 4.79 Å². The van der Waals surface area contributed by atoms with Crippen LogP contribution in [0, 0.1) is 5.92 Å². The molecule has 0 aliphatic rings. The van der Waals surface area contributed by atoms with Crippen LogP contribution in [-0.4, -0.2) is 12.3 Å². The van der Waals surface area contributed by atoms with E-state index in [0.29, 0.717) is 18.0 Å². The fourth-order valence-electron chi connectivity index (χ4n) is 1.76. The molecule has 1 aromatic heterocycles. The highest BCUT2D eigenvalue weighted by Gasteiger charge is 2.07. The Hall–Kier alpha value is -0.780. The summed E-state index contributed by atoms with van der Waals surface area (Å²) < 4.78 is 6.12. The number of nitrogens with two attached hydrogens (primary N) is 1. The van der Waals surface area contributed by atoms with Crippen molar-refractivity contribution in [3.05, 3.63) is 44.7 Å². The summed E-state index contributed by atoms with van der Waals surface area (Å²) in [4.78, 5) is 11.6. The molecule has 1 atom stereocenters. The van der Waals surface area contributed by atoms with Crippen LogP contribution in [0.1, 0.15) is 12.5 Å². The highest BCUT2D eigenvalue weighted by atomic mass is 79.9. The Labute approximate surface area is 124 Å². The number of thioether (sulfide) groups is 1. The molecular weight excluding hydrogens is 326 g/mol. The highest BCUT2D eigenvalue weighted by Crippen LogP contribution is 2.25. The second kappa shape index (κ2) is 6.59. The van der Waals surface area contributed by atoms with Crippen molar-refractivity contribution in [2.75, 3.05) is 12.3 Å². The number of hydrogen-bond acceptors (Lipinski definition) is 4. The molecule has 1 unspecified atom stereocenters. The zero-order valence-corrected chi connectivity index (χ0v) is 13.1. The molecule has 0 saturated heterocycles. The first-order chi connectivity index (χ1) is 9.10. The third-order valence-corrected chi connectivity index (χ3v) is 4.67. The number of hydrogen-bond donors (Lipinski definition) is 1. The standard InChI is InChI=1S/C14H16BrNO2S/c1-9(6-16)7-19-8-10-4-14(17)18-13-5-11(15)2-3-12(10)13/h2-5,9H,6-8,16H2,1H3. The first kappa shape index (κ1) is 14.6. The summed E-state index contributed by atoms with van der Waals surface area (Å²) in [5.74, 6) is 2.29. The van der Waals surface area contributed by atoms with Crippen LogP contribution in [-0.2, 0) is 5.75 Å². The van der Waals surface area contributed by atoms with E-state index >= 15 is 0 Å². The summed E-state index contributed by atoms with van der Waals surface area (Å²) in [6.45, 7) is 2.82. The number of fused-ring (bicyclic) bond motifs is 1. The molecular formula is C14H16BrNO2S. The SMILES string of the molecule is CC(CN)CSCc1cc(=O)oc2cc(Br)ccc12. The molecule has 0 saturated carbocycles. The van der Waals surface area contributed by atoms with Crippen LogP contribution in [0.2, 0.25) is 0 Å². The minimum absolute atomic E-state index is 0.298. The Balaban J connectivity index is 2.24. The van der Waals surface area contributed by atoms with Crippen LogP contribution < -0.4 is 11.4 Å². The van der Waals surface area contributed by atoms with Gasteiger partial charge in [-0.05, 0) is 42.0 Å². The second-order valence-corrected chi connectivity index (χ2v) is 6.53.